The second-order valence-electron chi connectivity index (χ2n) is 8.58. The van der Waals surface area contributed by atoms with E-state index < -0.39 is 15.9 Å². The van der Waals surface area contributed by atoms with Crippen molar-refractivity contribution in [2.75, 3.05) is 38.2 Å². The fraction of sp³-hybridized carbons (Fsp3) is 0.478. The number of morpholine rings is 1. The number of hydrogen-bond donors (Lipinski definition) is 1. The molecule has 0 bridgehead atoms. The summed E-state index contributed by atoms with van der Waals surface area (Å²) >= 11 is 0. The Morgan fingerprint density at radius 3 is 2.68 bits per heavy atom. The largest absolute Gasteiger partial charge is 0.489 e. The molecule has 1 unspecified atom stereocenters. The molecular weight excluding hydrogens is 462 g/mol. The molecule has 2 aliphatic rings. The third-order valence-corrected chi connectivity index (χ3v) is 7.59. The molecule has 1 atom stereocenters. The van der Waals surface area contributed by atoms with Gasteiger partial charge in [0, 0.05) is 26.1 Å². The monoisotopic (exact) mass is 491 g/mol. The van der Waals surface area contributed by atoms with Crippen LogP contribution in [0.1, 0.15) is 26.0 Å². The number of sulfonamides is 1. The molecule has 34 heavy (non-hydrogen) atoms. The predicted octanol–water partition coefficient (Wildman–Crippen LogP) is 2.07. The zero-order chi connectivity index (χ0) is 24.3. The number of nitrogens with zero attached hydrogens (tertiary/aromatic N) is 2. The second-order valence-corrected chi connectivity index (χ2v) is 10.5. The van der Waals surface area contributed by atoms with Crippen LogP contribution in [0.2, 0.25) is 0 Å². The van der Waals surface area contributed by atoms with E-state index in [2.05, 4.69) is 5.32 Å². The number of anilines is 1. The van der Waals surface area contributed by atoms with Gasteiger partial charge in [-0.2, -0.15) is 4.31 Å². The molecule has 2 aliphatic heterocycles. The van der Waals surface area contributed by atoms with Gasteiger partial charge in [-0.25, -0.2) is 8.42 Å². The number of nitrogens with one attached hydrogen (secondary N) is 1. The molecule has 11 heteroatoms. The molecule has 1 aromatic heterocycles. The summed E-state index contributed by atoms with van der Waals surface area (Å²) in [6.07, 6.45) is 1.42. The number of rotatable bonds is 8. The SMILES string of the molecule is CC(C)Oc1ccc(S(=O)(=O)N2CCOCC2)cc1NC(=O)C1CC(=O)N(Cc2ccco2)C1. The van der Waals surface area contributed by atoms with Crippen LogP contribution in [-0.2, 0) is 30.9 Å². The summed E-state index contributed by atoms with van der Waals surface area (Å²) in [5, 5.41) is 2.80. The smallest absolute Gasteiger partial charge is 0.243 e. The molecule has 3 heterocycles. The van der Waals surface area contributed by atoms with E-state index in [1.807, 2.05) is 13.8 Å². The minimum atomic E-state index is -3.76. The Morgan fingerprint density at radius 1 is 1.24 bits per heavy atom. The molecule has 2 amide bonds. The van der Waals surface area contributed by atoms with Gasteiger partial charge < -0.3 is 24.1 Å². The molecule has 4 rings (SSSR count). The maximum Gasteiger partial charge on any atom is 0.243 e. The maximum absolute atomic E-state index is 13.1. The number of carbonyl (C=O) groups is 2. The van der Waals surface area contributed by atoms with Crippen molar-refractivity contribution in [3.05, 3.63) is 42.4 Å². The molecule has 2 aromatic rings. The van der Waals surface area contributed by atoms with Gasteiger partial charge in [0.25, 0.3) is 0 Å². The molecule has 1 N–H and O–H groups in total. The summed E-state index contributed by atoms with van der Waals surface area (Å²) in [5.74, 6) is -0.0818. The van der Waals surface area contributed by atoms with Gasteiger partial charge in [0.05, 0.1) is 48.6 Å². The zero-order valence-electron chi connectivity index (χ0n) is 19.2. The van der Waals surface area contributed by atoms with Crippen LogP contribution in [0, 0.1) is 5.92 Å². The lowest BCUT2D eigenvalue weighted by Gasteiger charge is -2.26. The number of furan rings is 1. The average molecular weight is 492 g/mol. The van der Waals surface area contributed by atoms with Crippen molar-refractivity contribution in [2.24, 2.45) is 5.92 Å². The van der Waals surface area contributed by atoms with Gasteiger partial charge >= 0.3 is 0 Å². The Hall–Kier alpha value is -2.89. The summed E-state index contributed by atoms with van der Waals surface area (Å²) in [5.41, 5.74) is 0.255. The quantitative estimate of drug-likeness (QED) is 0.601. The van der Waals surface area contributed by atoms with Crippen molar-refractivity contribution in [3.63, 3.8) is 0 Å². The first-order chi connectivity index (χ1) is 16.2. The molecule has 0 saturated carbocycles. The molecule has 10 nitrogen and oxygen atoms in total. The molecule has 0 radical (unpaired) electrons. The summed E-state index contributed by atoms with van der Waals surface area (Å²) in [6.45, 7) is 5.43. The maximum atomic E-state index is 13.1. The fourth-order valence-corrected chi connectivity index (χ4v) is 5.42. The lowest BCUT2D eigenvalue weighted by Crippen LogP contribution is -2.40. The fourth-order valence-electron chi connectivity index (χ4n) is 3.99. The standard InChI is InChI=1S/C23H29N3O7S/c1-16(2)33-21-6-5-19(34(29,30)26-7-10-31-11-8-26)13-20(21)24-23(28)17-12-22(27)25(14-17)15-18-4-3-9-32-18/h3-6,9,13,16-17H,7-8,10-12,14-15H2,1-2H3,(H,24,28). The van der Waals surface area contributed by atoms with E-state index in [1.54, 1.807) is 23.1 Å². The molecule has 2 saturated heterocycles. The molecule has 1 aromatic carbocycles. The van der Waals surface area contributed by atoms with Gasteiger partial charge in [-0.3, -0.25) is 9.59 Å². The van der Waals surface area contributed by atoms with Crippen molar-refractivity contribution in [1.29, 1.82) is 0 Å². The van der Waals surface area contributed by atoms with Crippen LogP contribution < -0.4 is 10.1 Å². The molecule has 0 spiro atoms. The van der Waals surface area contributed by atoms with Gasteiger partial charge in [0.15, 0.2) is 0 Å². The highest BCUT2D eigenvalue weighted by Crippen LogP contribution is 2.32. The van der Waals surface area contributed by atoms with Crippen LogP contribution in [-0.4, -0.2) is 68.4 Å². The topological polar surface area (TPSA) is 118 Å². The molecule has 0 aliphatic carbocycles. The Morgan fingerprint density at radius 2 is 2.00 bits per heavy atom. The van der Waals surface area contributed by atoms with Crippen LogP contribution in [0.25, 0.3) is 0 Å². The van der Waals surface area contributed by atoms with Gasteiger partial charge in [0.2, 0.25) is 21.8 Å². The normalized spacial score (nSPS) is 19.6. The van der Waals surface area contributed by atoms with Crippen molar-refractivity contribution in [2.45, 2.75) is 37.8 Å². The van der Waals surface area contributed by atoms with Crippen molar-refractivity contribution >= 4 is 27.5 Å². The molecule has 184 valence electrons. The van der Waals surface area contributed by atoms with Gasteiger partial charge in [-0.1, -0.05) is 0 Å². The summed E-state index contributed by atoms with van der Waals surface area (Å²) in [6, 6.07) is 7.96. The van der Waals surface area contributed by atoms with E-state index in [9.17, 15) is 18.0 Å². The van der Waals surface area contributed by atoms with Crippen LogP contribution >= 0.6 is 0 Å². The number of benzene rings is 1. The van der Waals surface area contributed by atoms with E-state index in [1.165, 1.54) is 22.7 Å². The number of likely N-dealkylation sites (tertiary alicyclic amines) is 1. The third-order valence-electron chi connectivity index (χ3n) is 5.69. The minimum absolute atomic E-state index is 0.0581. The highest BCUT2D eigenvalue weighted by molar-refractivity contribution is 7.89. The highest BCUT2D eigenvalue weighted by atomic mass is 32.2. The van der Waals surface area contributed by atoms with E-state index in [0.717, 1.165) is 0 Å². The number of ether oxygens (including phenoxy) is 2. The molecule has 2 fully saturated rings. The Kier molecular flexibility index (Phi) is 7.24. The zero-order valence-corrected chi connectivity index (χ0v) is 20.0. The van der Waals surface area contributed by atoms with E-state index in [0.29, 0.717) is 31.3 Å². The summed E-state index contributed by atoms with van der Waals surface area (Å²) < 4.78 is 43.9. The second kappa shape index (κ2) is 10.2. The first kappa shape index (κ1) is 24.2. The van der Waals surface area contributed by atoms with Crippen molar-refractivity contribution < 1.29 is 31.9 Å². The van der Waals surface area contributed by atoms with Gasteiger partial charge in [0.1, 0.15) is 11.5 Å². The average Bonchev–Trinajstić information content (AvgIpc) is 3.45. The first-order valence-electron chi connectivity index (χ1n) is 11.2. The summed E-state index contributed by atoms with van der Waals surface area (Å²) in [4.78, 5) is 27.1. The lowest BCUT2D eigenvalue weighted by atomic mass is 10.1. The van der Waals surface area contributed by atoms with E-state index in [-0.39, 0.29) is 54.6 Å². The Bertz CT molecular complexity index is 1130. The third kappa shape index (κ3) is 5.43. The molecular formula is C23H29N3O7S. The Labute approximate surface area is 198 Å². The minimum Gasteiger partial charge on any atom is -0.489 e. The van der Waals surface area contributed by atoms with E-state index >= 15 is 0 Å². The first-order valence-corrected chi connectivity index (χ1v) is 12.7. The lowest BCUT2D eigenvalue weighted by molar-refractivity contribution is -0.128. The predicted molar refractivity (Wildman–Crippen MR) is 123 cm³/mol. The van der Waals surface area contributed by atoms with Crippen LogP contribution in [0.15, 0.2) is 45.9 Å². The number of amides is 2. The van der Waals surface area contributed by atoms with Gasteiger partial charge in [-0.05, 0) is 44.2 Å². The van der Waals surface area contributed by atoms with Gasteiger partial charge in [-0.15, -0.1) is 0 Å². The number of carbonyl (C=O) groups excluding carboxylic acids is 2. The highest BCUT2D eigenvalue weighted by Gasteiger charge is 2.35. The van der Waals surface area contributed by atoms with Crippen LogP contribution in [0.5, 0.6) is 5.75 Å². The van der Waals surface area contributed by atoms with Crippen LogP contribution in [0.4, 0.5) is 5.69 Å². The summed E-state index contributed by atoms with van der Waals surface area (Å²) in [7, 11) is -3.76. The van der Waals surface area contributed by atoms with Crippen molar-refractivity contribution in [3.8, 4) is 5.75 Å². The Balaban J connectivity index is 1.52. The van der Waals surface area contributed by atoms with E-state index in [4.69, 9.17) is 13.9 Å². The number of hydrogen-bond acceptors (Lipinski definition) is 7. The van der Waals surface area contributed by atoms with Crippen LogP contribution in [0.3, 0.4) is 0 Å². The van der Waals surface area contributed by atoms with Crippen molar-refractivity contribution in [1.82, 2.24) is 9.21 Å².